The molecule has 0 saturated heterocycles. The quantitative estimate of drug-likeness (QED) is 0.207. The molecule has 5 heteroatoms. The monoisotopic (exact) mass is 453 g/mol. The lowest BCUT2D eigenvalue weighted by atomic mass is 9.76. The highest BCUT2D eigenvalue weighted by Crippen LogP contribution is 2.41. The van der Waals surface area contributed by atoms with Crippen molar-refractivity contribution in [1.82, 2.24) is 14.9 Å². The van der Waals surface area contributed by atoms with E-state index in [1.807, 2.05) is 38.4 Å². The normalized spacial score (nSPS) is 11.4. The highest BCUT2D eigenvalue weighted by Gasteiger charge is 2.39. The molecule has 1 heterocycles. The molecule has 4 aromatic rings. The van der Waals surface area contributed by atoms with Gasteiger partial charge in [0, 0.05) is 13.1 Å². The number of carbonyl (C=O) groups excluding carboxylic acids is 1. The van der Waals surface area contributed by atoms with Gasteiger partial charge in [-0.15, -0.1) is 0 Å². The molecule has 0 radical (unpaired) electrons. The molecule has 174 valence electrons. The molecular weight excluding hydrogens is 422 g/mol. The first kappa shape index (κ1) is 23.5. The molecule has 0 fully saturated rings. The topological polar surface area (TPSA) is 56.1 Å². The zero-order valence-corrected chi connectivity index (χ0v) is 19.8. The van der Waals surface area contributed by atoms with E-state index in [1.165, 1.54) is 0 Å². The molecule has 0 atom stereocenters. The van der Waals surface area contributed by atoms with Crippen molar-refractivity contribution in [2.75, 3.05) is 13.2 Å². The lowest BCUT2D eigenvalue weighted by molar-refractivity contribution is -0.142. The number of aryl methyl sites for hydroxylation is 1. The average Bonchev–Trinajstić information content (AvgIpc) is 3.25. The summed E-state index contributed by atoms with van der Waals surface area (Å²) in [6.07, 6.45) is 2.27. The van der Waals surface area contributed by atoms with E-state index in [0.717, 1.165) is 28.1 Å². The standard InChI is InChI=1S/C29H31N3O2/c1-3-34-28(33)19-20-30-21-27-23(2)31-22-32(27)29(24-13-7-4-8-14-24,25-15-9-5-10-16-25)26-17-11-6-12-18-26/h4-18,22,30H,3,19-21H2,1-2H3. The van der Waals surface area contributed by atoms with Gasteiger partial charge in [-0.3, -0.25) is 4.79 Å². The number of ether oxygens (including phenoxy) is 1. The van der Waals surface area contributed by atoms with Crippen LogP contribution in [-0.2, 0) is 21.6 Å². The lowest BCUT2D eigenvalue weighted by Crippen LogP contribution is -2.39. The van der Waals surface area contributed by atoms with E-state index in [0.29, 0.717) is 26.1 Å². The second-order valence-corrected chi connectivity index (χ2v) is 8.19. The summed E-state index contributed by atoms with van der Waals surface area (Å²) in [6, 6.07) is 31.7. The third-order valence-electron chi connectivity index (χ3n) is 6.12. The van der Waals surface area contributed by atoms with Crippen LogP contribution in [0.1, 0.15) is 41.4 Å². The number of carbonyl (C=O) groups is 1. The smallest absolute Gasteiger partial charge is 0.307 e. The van der Waals surface area contributed by atoms with Gasteiger partial charge in [-0.1, -0.05) is 91.0 Å². The number of nitrogens with zero attached hydrogens (tertiary/aromatic N) is 2. The molecule has 1 aromatic heterocycles. The first-order valence-corrected chi connectivity index (χ1v) is 11.7. The van der Waals surface area contributed by atoms with Gasteiger partial charge < -0.3 is 14.6 Å². The number of nitrogens with one attached hydrogen (secondary N) is 1. The Kier molecular flexibility index (Phi) is 7.55. The molecule has 0 saturated carbocycles. The van der Waals surface area contributed by atoms with Crippen LogP contribution in [0.3, 0.4) is 0 Å². The van der Waals surface area contributed by atoms with Gasteiger partial charge in [0.1, 0.15) is 5.54 Å². The van der Waals surface area contributed by atoms with Crippen molar-refractivity contribution in [3.8, 4) is 0 Å². The van der Waals surface area contributed by atoms with Gasteiger partial charge in [0.25, 0.3) is 0 Å². The van der Waals surface area contributed by atoms with E-state index in [2.05, 4.69) is 82.7 Å². The maximum absolute atomic E-state index is 11.8. The van der Waals surface area contributed by atoms with Crippen LogP contribution in [0, 0.1) is 6.92 Å². The minimum atomic E-state index is -0.608. The number of rotatable bonds is 10. The minimum absolute atomic E-state index is 0.188. The van der Waals surface area contributed by atoms with Gasteiger partial charge >= 0.3 is 5.97 Å². The summed E-state index contributed by atoms with van der Waals surface area (Å²) in [5, 5.41) is 3.42. The van der Waals surface area contributed by atoms with Crippen LogP contribution in [0.5, 0.6) is 0 Å². The summed E-state index contributed by atoms with van der Waals surface area (Å²) in [5.41, 5.74) is 4.87. The van der Waals surface area contributed by atoms with Crippen molar-refractivity contribution in [1.29, 1.82) is 0 Å². The Balaban J connectivity index is 1.84. The third kappa shape index (κ3) is 4.66. The number of esters is 1. The first-order valence-electron chi connectivity index (χ1n) is 11.7. The third-order valence-corrected chi connectivity index (χ3v) is 6.12. The summed E-state index contributed by atoms with van der Waals surface area (Å²) in [4.78, 5) is 16.5. The highest BCUT2D eigenvalue weighted by molar-refractivity contribution is 5.69. The van der Waals surface area contributed by atoms with Gasteiger partial charge in [-0.25, -0.2) is 4.98 Å². The summed E-state index contributed by atoms with van der Waals surface area (Å²) in [5.74, 6) is -0.188. The van der Waals surface area contributed by atoms with Crippen molar-refractivity contribution >= 4 is 5.97 Å². The fourth-order valence-electron chi connectivity index (χ4n) is 4.55. The Morgan fingerprint density at radius 2 is 1.38 bits per heavy atom. The minimum Gasteiger partial charge on any atom is -0.466 e. The maximum atomic E-state index is 11.8. The van der Waals surface area contributed by atoms with E-state index in [9.17, 15) is 4.79 Å². The SMILES string of the molecule is CCOC(=O)CCNCc1c(C)ncn1C(c1ccccc1)(c1ccccc1)c1ccccc1. The van der Waals surface area contributed by atoms with Crippen LogP contribution in [0.25, 0.3) is 0 Å². The fourth-order valence-corrected chi connectivity index (χ4v) is 4.55. The molecular formula is C29H31N3O2. The zero-order chi connectivity index (χ0) is 23.8. The first-order chi connectivity index (χ1) is 16.7. The Morgan fingerprint density at radius 1 is 0.882 bits per heavy atom. The van der Waals surface area contributed by atoms with Crippen molar-refractivity contribution in [2.24, 2.45) is 0 Å². The van der Waals surface area contributed by atoms with E-state index in [1.54, 1.807) is 0 Å². The van der Waals surface area contributed by atoms with Crippen LogP contribution in [0.15, 0.2) is 97.3 Å². The molecule has 0 unspecified atom stereocenters. The Morgan fingerprint density at radius 3 is 1.85 bits per heavy atom. The summed E-state index contributed by atoms with van der Waals surface area (Å²) in [6.45, 7) is 5.38. The largest absolute Gasteiger partial charge is 0.466 e. The Hall–Kier alpha value is -3.70. The molecule has 0 aliphatic rings. The average molecular weight is 454 g/mol. The lowest BCUT2D eigenvalue weighted by Gasteiger charge is -2.38. The summed E-state index contributed by atoms with van der Waals surface area (Å²) in [7, 11) is 0. The Bertz CT molecular complexity index is 1090. The molecule has 0 spiro atoms. The van der Waals surface area contributed by atoms with Gasteiger partial charge in [-0.05, 0) is 30.5 Å². The zero-order valence-electron chi connectivity index (χ0n) is 19.8. The molecule has 3 aromatic carbocycles. The maximum Gasteiger partial charge on any atom is 0.307 e. The van der Waals surface area contributed by atoms with Gasteiger partial charge in [0.05, 0.1) is 30.7 Å². The van der Waals surface area contributed by atoms with E-state index in [-0.39, 0.29) is 5.97 Å². The number of imidazole rings is 1. The Labute approximate surface area is 201 Å². The second kappa shape index (κ2) is 10.9. The van der Waals surface area contributed by atoms with Gasteiger partial charge in [0.2, 0.25) is 0 Å². The van der Waals surface area contributed by atoms with E-state index in [4.69, 9.17) is 9.72 Å². The predicted octanol–water partition coefficient (Wildman–Crippen LogP) is 5.07. The molecule has 1 N–H and O–H groups in total. The predicted molar refractivity (Wildman–Crippen MR) is 135 cm³/mol. The van der Waals surface area contributed by atoms with Gasteiger partial charge in [-0.2, -0.15) is 0 Å². The summed E-state index contributed by atoms with van der Waals surface area (Å²) < 4.78 is 7.34. The van der Waals surface area contributed by atoms with Crippen LogP contribution < -0.4 is 5.32 Å². The van der Waals surface area contributed by atoms with Crippen molar-refractivity contribution in [3.05, 3.63) is 125 Å². The number of aromatic nitrogens is 2. The molecule has 4 rings (SSSR count). The van der Waals surface area contributed by atoms with Crippen molar-refractivity contribution in [3.63, 3.8) is 0 Å². The highest BCUT2D eigenvalue weighted by atomic mass is 16.5. The van der Waals surface area contributed by atoms with Crippen LogP contribution >= 0.6 is 0 Å². The molecule has 5 nitrogen and oxygen atoms in total. The van der Waals surface area contributed by atoms with Crippen molar-refractivity contribution in [2.45, 2.75) is 32.4 Å². The number of hydrogen-bond donors (Lipinski definition) is 1. The van der Waals surface area contributed by atoms with Crippen molar-refractivity contribution < 1.29 is 9.53 Å². The molecule has 34 heavy (non-hydrogen) atoms. The second-order valence-electron chi connectivity index (χ2n) is 8.19. The van der Waals surface area contributed by atoms with E-state index < -0.39 is 5.54 Å². The molecule has 0 bridgehead atoms. The number of benzene rings is 3. The number of hydrogen-bond acceptors (Lipinski definition) is 4. The van der Waals surface area contributed by atoms with Crippen LogP contribution in [-0.4, -0.2) is 28.7 Å². The van der Waals surface area contributed by atoms with Gasteiger partial charge in [0.15, 0.2) is 0 Å². The molecule has 0 amide bonds. The molecule has 0 aliphatic carbocycles. The summed E-state index contributed by atoms with van der Waals surface area (Å²) >= 11 is 0. The van der Waals surface area contributed by atoms with E-state index >= 15 is 0 Å². The molecule has 0 aliphatic heterocycles. The fraction of sp³-hybridized carbons (Fsp3) is 0.241. The van der Waals surface area contributed by atoms with Crippen LogP contribution in [0.4, 0.5) is 0 Å². The van der Waals surface area contributed by atoms with Crippen LogP contribution in [0.2, 0.25) is 0 Å².